The highest BCUT2D eigenvalue weighted by atomic mass is 19.4. The zero-order chi connectivity index (χ0) is 17.3. The van der Waals surface area contributed by atoms with Gasteiger partial charge in [-0.15, -0.1) is 0 Å². The lowest BCUT2D eigenvalue weighted by atomic mass is 10.0. The first-order chi connectivity index (χ1) is 11.4. The largest absolute Gasteiger partial charge is 0.416 e. The molecular weight excluding hydrogens is 321 g/mol. The first-order valence-electron chi connectivity index (χ1n) is 7.86. The van der Waals surface area contributed by atoms with E-state index in [1.165, 1.54) is 6.07 Å². The average molecular weight is 340 g/mol. The maximum absolute atomic E-state index is 12.9. The van der Waals surface area contributed by atoms with Crippen molar-refractivity contribution >= 4 is 0 Å². The molecule has 0 spiro atoms. The minimum absolute atomic E-state index is 0.280. The second-order valence-corrected chi connectivity index (χ2v) is 6.01. The second-order valence-electron chi connectivity index (χ2n) is 6.01. The highest BCUT2D eigenvalue weighted by molar-refractivity contribution is 5.29. The summed E-state index contributed by atoms with van der Waals surface area (Å²) < 4.78 is 38.8. The fourth-order valence-corrected chi connectivity index (χ4v) is 3.08. The predicted octanol–water partition coefficient (Wildman–Crippen LogP) is 2.69. The summed E-state index contributed by atoms with van der Waals surface area (Å²) in [5.41, 5.74) is -0.120. The zero-order valence-electron chi connectivity index (χ0n) is 13.2. The summed E-state index contributed by atoms with van der Waals surface area (Å²) in [5.74, 6) is 1.35. The van der Waals surface area contributed by atoms with Gasteiger partial charge in [-0.25, -0.2) is 4.98 Å². The number of aryl methyl sites for hydroxylation is 1. The summed E-state index contributed by atoms with van der Waals surface area (Å²) in [7, 11) is 0. The Bertz CT molecular complexity index is 701. The lowest BCUT2D eigenvalue weighted by Gasteiger charge is -2.24. The number of aliphatic hydroxyl groups is 1. The van der Waals surface area contributed by atoms with Crippen LogP contribution < -0.4 is 0 Å². The molecule has 0 unspecified atom stereocenters. The topological polar surface area (TPSA) is 65.0 Å². The molecule has 130 valence electrons. The van der Waals surface area contributed by atoms with Gasteiger partial charge in [0.1, 0.15) is 11.6 Å². The molecule has 2 N–H and O–H groups in total. The molecule has 2 atom stereocenters. The number of hydrogen-bond acceptors (Lipinski definition) is 4. The normalized spacial score (nSPS) is 22.2. The molecule has 1 aliphatic heterocycles. The van der Waals surface area contributed by atoms with Crippen LogP contribution in [-0.4, -0.2) is 37.8 Å². The van der Waals surface area contributed by atoms with E-state index >= 15 is 0 Å². The number of rotatable bonds is 4. The maximum Gasteiger partial charge on any atom is 0.416 e. The highest BCUT2D eigenvalue weighted by Crippen LogP contribution is 2.36. The lowest BCUT2D eigenvalue weighted by Crippen LogP contribution is -2.25. The molecule has 1 saturated heterocycles. The Hall–Kier alpha value is -1.93. The van der Waals surface area contributed by atoms with Gasteiger partial charge in [-0.1, -0.05) is 19.1 Å². The minimum Gasteiger partial charge on any atom is -0.392 e. The van der Waals surface area contributed by atoms with Crippen molar-refractivity contribution in [2.45, 2.75) is 44.6 Å². The van der Waals surface area contributed by atoms with Crippen LogP contribution in [0.2, 0.25) is 0 Å². The van der Waals surface area contributed by atoms with Crippen molar-refractivity contribution in [1.29, 1.82) is 0 Å². The van der Waals surface area contributed by atoms with Gasteiger partial charge in [0.2, 0.25) is 0 Å². The SMILES string of the molecule is CCc1n[nH]c(CN2C[C@H](O)C[C@H]2c2cccc(C(F)(F)F)c2)n1. The van der Waals surface area contributed by atoms with Gasteiger partial charge in [0.05, 0.1) is 18.2 Å². The number of aromatic amines is 1. The van der Waals surface area contributed by atoms with Crippen LogP contribution in [0.15, 0.2) is 24.3 Å². The molecule has 24 heavy (non-hydrogen) atoms. The summed E-state index contributed by atoms with van der Waals surface area (Å²) in [6.07, 6.45) is -3.84. The summed E-state index contributed by atoms with van der Waals surface area (Å²) in [5, 5.41) is 16.9. The third-order valence-corrected chi connectivity index (χ3v) is 4.23. The Labute approximate surface area is 137 Å². The molecule has 8 heteroatoms. The molecule has 0 bridgehead atoms. The third kappa shape index (κ3) is 3.59. The molecule has 0 aliphatic carbocycles. The fourth-order valence-electron chi connectivity index (χ4n) is 3.08. The smallest absolute Gasteiger partial charge is 0.392 e. The Balaban J connectivity index is 1.82. The lowest BCUT2D eigenvalue weighted by molar-refractivity contribution is -0.137. The van der Waals surface area contributed by atoms with E-state index in [-0.39, 0.29) is 6.04 Å². The maximum atomic E-state index is 12.9. The van der Waals surface area contributed by atoms with Gasteiger partial charge in [-0.05, 0) is 24.1 Å². The number of nitrogens with one attached hydrogen (secondary N) is 1. The second kappa shape index (κ2) is 6.52. The molecule has 2 aromatic rings. The van der Waals surface area contributed by atoms with E-state index in [9.17, 15) is 18.3 Å². The number of likely N-dealkylation sites (tertiary alicyclic amines) is 1. The van der Waals surface area contributed by atoms with Gasteiger partial charge in [0, 0.05) is 19.0 Å². The molecular formula is C16H19F3N4O. The van der Waals surface area contributed by atoms with E-state index < -0.39 is 17.8 Å². The van der Waals surface area contributed by atoms with Crippen LogP contribution in [-0.2, 0) is 19.1 Å². The minimum atomic E-state index is -4.38. The number of hydrogen-bond donors (Lipinski definition) is 2. The van der Waals surface area contributed by atoms with E-state index in [1.807, 2.05) is 11.8 Å². The monoisotopic (exact) mass is 340 g/mol. The first kappa shape index (κ1) is 16.9. The summed E-state index contributed by atoms with van der Waals surface area (Å²) >= 11 is 0. The van der Waals surface area contributed by atoms with Gasteiger partial charge in [0.25, 0.3) is 0 Å². The average Bonchev–Trinajstić information content (AvgIpc) is 3.13. The quantitative estimate of drug-likeness (QED) is 0.898. The Morgan fingerprint density at radius 3 is 2.83 bits per heavy atom. The Morgan fingerprint density at radius 2 is 2.17 bits per heavy atom. The number of alkyl halides is 3. The molecule has 0 saturated carbocycles. The van der Waals surface area contributed by atoms with Crippen LogP contribution in [0.25, 0.3) is 0 Å². The van der Waals surface area contributed by atoms with Crippen LogP contribution in [0.4, 0.5) is 13.2 Å². The number of H-pyrrole nitrogens is 1. The predicted molar refractivity (Wildman–Crippen MR) is 81.0 cm³/mol. The molecule has 1 aromatic heterocycles. The molecule has 0 amide bonds. The number of aromatic nitrogens is 3. The van der Waals surface area contributed by atoms with E-state index in [0.29, 0.717) is 43.1 Å². The molecule has 0 radical (unpaired) electrons. The Kier molecular flexibility index (Phi) is 4.60. The first-order valence-corrected chi connectivity index (χ1v) is 7.86. The number of β-amino-alcohol motifs (C(OH)–C–C–N with tert-alkyl or cyclic N) is 1. The molecule has 3 rings (SSSR count). The van der Waals surface area contributed by atoms with Crippen molar-refractivity contribution in [1.82, 2.24) is 20.1 Å². The summed E-state index contributed by atoms with van der Waals surface area (Å²) in [4.78, 5) is 6.26. The van der Waals surface area contributed by atoms with Gasteiger partial charge in [-0.3, -0.25) is 10.00 Å². The van der Waals surface area contributed by atoms with Crippen molar-refractivity contribution in [2.75, 3.05) is 6.54 Å². The van der Waals surface area contributed by atoms with Crippen molar-refractivity contribution < 1.29 is 18.3 Å². The number of aliphatic hydroxyl groups excluding tert-OH is 1. The van der Waals surface area contributed by atoms with E-state index in [2.05, 4.69) is 15.2 Å². The van der Waals surface area contributed by atoms with Crippen LogP contribution in [0.5, 0.6) is 0 Å². The third-order valence-electron chi connectivity index (χ3n) is 4.23. The number of benzene rings is 1. The number of nitrogens with zero attached hydrogens (tertiary/aromatic N) is 3. The molecule has 1 aliphatic rings. The molecule has 1 aromatic carbocycles. The van der Waals surface area contributed by atoms with Crippen LogP contribution in [0.3, 0.4) is 0 Å². The number of halogens is 3. The molecule has 5 nitrogen and oxygen atoms in total. The van der Waals surface area contributed by atoms with Crippen LogP contribution in [0, 0.1) is 0 Å². The molecule has 1 fully saturated rings. The summed E-state index contributed by atoms with van der Waals surface area (Å²) in [6.45, 7) is 2.74. The zero-order valence-corrected chi connectivity index (χ0v) is 13.2. The summed E-state index contributed by atoms with van der Waals surface area (Å²) in [6, 6.07) is 5.02. The van der Waals surface area contributed by atoms with E-state index in [0.717, 1.165) is 12.1 Å². The van der Waals surface area contributed by atoms with Gasteiger partial charge in [0.15, 0.2) is 0 Å². The molecule has 2 heterocycles. The fraction of sp³-hybridized carbons (Fsp3) is 0.500. The van der Waals surface area contributed by atoms with E-state index in [1.54, 1.807) is 6.07 Å². The highest BCUT2D eigenvalue weighted by Gasteiger charge is 2.35. The standard InChI is InChI=1S/C16H19F3N4O/c1-2-14-20-15(22-21-14)9-23-8-12(24)7-13(23)10-4-3-5-11(6-10)16(17,18)19/h3-6,12-13,24H,2,7-9H2,1H3,(H,20,21,22)/t12-,13+/m1/s1. The van der Waals surface area contributed by atoms with Crippen molar-refractivity contribution in [3.05, 3.63) is 47.0 Å². The van der Waals surface area contributed by atoms with Crippen molar-refractivity contribution in [2.24, 2.45) is 0 Å². The van der Waals surface area contributed by atoms with Crippen LogP contribution >= 0.6 is 0 Å². The van der Waals surface area contributed by atoms with Gasteiger partial charge in [-0.2, -0.15) is 18.3 Å². The van der Waals surface area contributed by atoms with Gasteiger partial charge < -0.3 is 5.11 Å². The van der Waals surface area contributed by atoms with Crippen molar-refractivity contribution in [3.63, 3.8) is 0 Å². The van der Waals surface area contributed by atoms with Crippen molar-refractivity contribution in [3.8, 4) is 0 Å². The van der Waals surface area contributed by atoms with Gasteiger partial charge >= 0.3 is 6.18 Å². The van der Waals surface area contributed by atoms with Crippen LogP contribution in [0.1, 0.15) is 42.2 Å². The van der Waals surface area contributed by atoms with E-state index in [4.69, 9.17) is 0 Å². The Morgan fingerprint density at radius 1 is 1.38 bits per heavy atom.